The largest absolute Gasteiger partial charge is 0.416 e. The molecule has 0 radical (unpaired) electrons. The lowest BCUT2D eigenvalue weighted by atomic mass is 9.95. The van der Waals surface area contributed by atoms with Gasteiger partial charge in [0.2, 0.25) is 0 Å². The van der Waals surface area contributed by atoms with Gasteiger partial charge >= 0.3 is 11.9 Å². The van der Waals surface area contributed by atoms with E-state index in [4.69, 9.17) is 11.6 Å². The van der Waals surface area contributed by atoms with Gasteiger partial charge in [0, 0.05) is 24.2 Å². The van der Waals surface area contributed by atoms with Gasteiger partial charge in [-0.2, -0.15) is 18.4 Å². The smallest absolute Gasteiger partial charge is 0.316 e. The highest BCUT2D eigenvalue weighted by Crippen LogP contribution is 2.37. The molecule has 4 rings (SSSR count). The number of piperidine rings is 1. The van der Waals surface area contributed by atoms with Crippen LogP contribution in [0.5, 0.6) is 0 Å². The van der Waals surface area contributed by atoms with Gasteiger partial charge in [0.05, 0.1) is 39.2 Å². The lowest BCUT2D eigenvalue weighted by Crippen LogP contribution is -2.44. The van der Waals surface area contributed by atoms with Crippen LogP contribution in [0.3, 0.4) is 0 Å². The molecule has 214 valence electrons. The summed E-state index contributed by atoms with van der Waals surface area (Å²) in [7, 11) is -2.01. The molecule has 0 unspecified atom stereocenters. The first-order valence-electron chi connectivity index (χ1n) is 12.5. The molecule has 14 heteroatoms. The van der Waals surface area contributed by atoms with Crippen molar-refractivity contribution < 1.29 is 21.6 Å². The second kappa shape index (κ2) is 11.4. The number of H-pyrrole nitrogens is 1. The van der Waals surface area contributed by atoms with Gasteiger partial charge < -0.3 is 10.3 Å². The average molecular weight is 598 g/mol. The van der Waals surface area contributed by atoms with Crippen LogP contribution >= 0.6 is 11.6 Å². The van der Waals surface area contributed by atoms with E-state index >= 15 is 0 Å². The fraction of sp³-hybridized carbons (Fsp3) is 0.423. The molecule has 0 saturated carbocycles. The summed E-state index contributed by atoms with van der Waals surface area (Å²) in [4.78, 5) is 30.6. The van der Waals surface area contributed by atoms with Gasteiger partial charge in [-0.1, -0.05) is 18.5 Å². The van der Waals surface area contributed by atoms with Crippen LogP contribution in [0.25, 0.3) is 10.9 Å². The monoisotopic (exact) mass is 597 g/mol. The fourth-order valence-electron chi connectivity index (χ4n) is 5.08. The Hall–Kier alpha value is -3.18. The van der Waals surface area contributed by atoms with E-state index < -0.39 is 50.3 Å². The highest BCUT2D eigenvalue weighted by molar-refractivity contribution is 7.91. The van der Waals surface area contributed by atoms with Crippen LogP contribution in [0.2, 0.25) is 5.02 Å². The standard InChI is InChI=1S/C26H27ClF3N5O4S/c1-3-40(38,39)22-7-6-16(27)9-15(22)12-35-24(36)18-10-21(26(28,29)30)20(19(11-31)23(18)33-25(35)37)14-34-8-4-5-17(13-34)32-2/h6-7,9-10,17,32H,3-5,8,12-14H2,1-2H3,(H,33,37)/t17-/m0/s1. The van der Waals surface area contributed by atoms with Crippen LogP contribution in [0.15, 0.2) is 38.8 Å². The second-order valence-corrected chi connectivity index (χ2v) is 12.3. The van der Waals surface area contributed by atoms with Crippen LogP contribution in [-0.2, 0) is 29.1 Å². The van der Waals surface area contributed by atoms with Crippen LogP contribution < -0.4 is 16.6 Å². The van der Waals surface area contributed by atoms with Crippen LogP contribution in [0.1, 0.15) is 42.0 Å². The van der Waals surface area contributed by atoms with E-state index in [2.05, 4.69) is 10.3 Å². The summed E-state index contributed by atoms with van der Waals surface area (Å²) in [6.07, 6.45) is -3.28. The van der Waals surface area contributed by atoms with Gasteiger partial charge in [0.25, 0.3) is 5.56 Å². The predicted octanol–water partition coefficient (Wildman–Crippen LogP) is 3.26. The van der Waals surface area contributed by atoms with Crippen LogP contribution in [0.4, 0.5) is 13.2 Å². The van der Waals surface area contributed by atoms with Crippen LogP contribution in [0, 0.1) is 11.3 Å². The number of nitriles is 1. The SMILES string of the molecule is CCS(=O)(=O)c1ccc(Cl)cc1Cn1c(=O)[nH]c2c(C#N)c(CN3CCC[C@H](NC)C3)c(C(F)(F)F)cc2c1=O. The van der Waals surface area contributed by atoms with Crippen molar-refractivity contribution in [2.24, 2.45) is 0 Å². The number of halogens is 4. The van der Waals surface area contributed by atoms with Gasteiger partial charge in [-0.15, -0.1) is 0 Å². The Kier molecular flexibility index (Phi) is 8.46. The van der Waals surface area contributed by atoms with Crippen molar-refractivity contribution in [2.45, 2.75) is 50.0 Å². The summed E-state index contributed by atoms with van der Waals surface area (Å²) in [5.41, 5.74) is -4.28. The zero-order valence-corrected chi connectivity index (χ0v) is 23.3. The highest BCUT2D eigenvalue weighted by Gasteiger charge is 2.37. The summed E-state index contributed by atoms with van der Waals surface area (Å²) in [5.74, 6) is -0.264. The summed E-state index contributed by atoms with van der Waals surface area (Å²) in [6.45, 7) is 1.66. The minimum atomic E-state index is -4.89. The molecule has 0 amide bonds. The number of likely N-dealkylation sites (tertiary alicyclic amines) is 1. The zero-order chi connectivity index (χ0) is 29.4. The van der Waals surface area contributed by atoms with E-state index in [0.29, 0.717) is 23.7 Å². The molecule has 3 aromatic rings. The normalized spacial score (nSPS) is 16.8. The van der Waals surface area contributed by atoms with Crippen molar-refractivity contribution in [1.82, 2.24) is 19.8 Å². The molecular weight excluding hydrogens is 571 g/mol. The molecule has 0 spiro atoms. The quantitative estimate of drug-likeness (QED) is 0.428. The number of nitrogens with zero attached hydrogens (tertiary/aromatic N) is 3. The number of aromatic amines is 1. The molecule has 1 atom stereocenters. The molecular formula is C26H27ClF3N5O4S. The van der Waals surface area contributed by atoms with E-state index in [1.54, 1.807) is 18.0 Å². The van der Waals surface area contributed by atoms with E-state index in [-0.39, 0.29) is 44.9 Å². The molecule has 0 bridgehead atoms. The lowest BCUT2D eigenvalue weighted by molar-refractivity contribution is -0.138. The zero-order valence-electron chi connectivity index (χ0n) is 21.7. The third kappa shape index (κ3) is 5.81. The maximum Gasteiger partial charge on any atom is 0.416 e. The molecule has 40 heavy (non-hydrogen) atoms. The Morgan fingerprint density at radius 2 is 1.95 bits per heavy atom. The molecule has 1 aliphatic rings. The van der Waals surface area contributed by atoms with E-state index in [1.807, 2.05) is 0 Å². The number of nitrogens with one attached hydrogen (secondary N) is 2. The molecule has 0 aliphatic carbocycles. The van der Waals surface area contributed by atoms with E-state index in [0.717, 1.165) is 12.8 Å². The van der Waals surface area contributed by atoms with Gasteiger partial charge in [-0.05, 0) is 61.8 Å². The van der Waals surface area contributed by atoms with Crippen LogP contribution in [-0.4, -0.2) is 54.8 Å². The third-order valence-electron chi connectivity index (χ3n) is 7.17. The Bertz CT molecular complexity index is 1730. The topological polar surface area (TPSA) is 128 Å². The molecule has 9 nitrogen and oxygen atoms in total. The Balaban J connectivity index is 1.92. The van der Waals surface area contributed by atoms with E-state index in [9.17, 15) is 36.4 Å². The molecule has 1 saturated heterocycles. The highest BCUT2D eigenvalue weighted by atomic mass is 35.5. The average Bonchev–Trinajstić information content (AvgIpc) is 2.90. The van der Waals surface area contributed by atoms with Gasteiger partial charge in [-0.3, -0.25) is 14.3 Å². The molecule has 2 heterocycles. The number of rotatable bonds is 7. The Morgan fingerprint density at radius 1 is 1.23 bits per heavy atom. The molecule has 1 aromatic heterocycles. The molecule has 2 aromatic carbocycles. The Labute approximate surface area is 233 Å². The van der Waals surface area contributed by atoms with Crippen molar-refractivity contribution in [3.05, 3.63) is 72.4 Å². The van der Waals surface area contributed by atoms with Gasteiger partial charge in [0.1, 0.15) is 6.07 Å². The maximum atomic E-state index is 14.3. The maximum absolute atomic E-state index is 14.3. The Morgan fingerprint density at radius 3 is 2.58 bits per heavy atom. The lowest BCUT2D eigenvalue weighted by Gasteiger charge is -2.33. The summed E-state index contributed by atoms with van der Waals surface area (Å²) in [5, 5.41) is 12.7. The summed E-state index contributed by atoms with van der Waals surface area (Å²) < 4.78 is 68.7. The first-order chi connectivity index (χ1) is 18.8. The third-order valence-corrected chi connectivity index (χ3v) is 9.23. The fourth-order valence-corrected chi connectivity index (χ4v) is 6.38. The molecule has 1 fully saturated rings. The van der Waals surface area contributed by atoms with Gasteiger partial charge in [-0.25, -0.2) is 13.2 Å². The summed E-state index contributed by atoms with van der Waals surface area (Å²) >= 11 is 6.04. The number of hydrogen-bond acceptors (Lipinski definition) is 7. The molecule has 1 aliphatic heterocycles. The number of aromatic nitrogens is 2. The molecule has 2 N–H and O–H groups in total. The predicted molar refractivity (Wildman–Crippen MR) is 144 cm³/mol. The van der Waals surface area contributed by atoms with Crippen molar-refractivity contribution in [2.75, 3.05) is 25.9 Å². The minimum Gasteiger partial charge on any atom is -0.316 e. The second-order valence-electron chi connectivity index (χ2n) is 9.65. The first-order valence-corrected chi connectivity index (χ1v) is 14.5. The van der Waals surface area contributed by atoms with Crippen molar-refractivity contribution in [1.29, 1.82) is 5.26 Å². The minimum absolute atomic E-state index is 0.0265. The number of benzene rings is 2. The number of sulfone groups is 1. The number of fused-ring (bicyclic) bond motifs is 1. The van der Waals surface area contributed by atoms with Crippen molar-refractivity contribution in [3.63, 3.8) is 0 Å². The van der Waals surface area contributed by atoms with Crippen molar-refractivity contribution >= 4 is 32.3 Å². The van der Waals surface area contributed by atoms with E-state index in [1.165, 1.54) is 25.1 Å². The first kappa shape index (κ1) is 29.8. The summed E-state index contributed by atoms with van der Waals surface area (Å²) in [6, 6.07) is 6.38. The van der Waals surface area contributed by atoms with Crippen molar-refractivity contribution in [3.8, 4) is 6.07 Å². The number of hydrogen-bond donors (Lipinski definition) is 2. The number of alkyl halides is 3. The van der Waals surface area contributed by atoms with Gasteiger partial charge in [0.15, 0.2) is 9.84 Å². The number of likely N-dealkylation sites (N-methyl/N-ethyl adjacent to an activating group) is 1.